The van der Waals surface area contributed by atoms with Gasteiger partial charge in [-0.3, -0.25) is 0 Å². The quantitative estimate of drug-likeness (QED) is 0.600. The molecule has 0 aliphatic heterocycles. The first kappa shape index (κ1) is 13.1. The van der Waals surface area contributed by atoms with Crippen LogP contribution in [0, 0.1) is 0 Å². The zero-order valence-electron chi connectivity index (χ0n) is 11.9. The standard InChI is InChI=1S/C17H13ClN4/c1-22-10-21-14-6-5-12(8-15(14)22)17-16(19-9-20-17)11-3-2-4-13(18)7-11/h2-10H,1H3,(H,19,20). The van der Waals surface area contributed by atoms with Gasteiger partial charge in [0.2, 0.25) is 0 Å². The van der Waals surface area contributed by atoms with Gasteiger partial charge >= 0.3 is 0 Å². The van der Waals surface area contributed by atoms with Crippen LogP contribution in [-0.2, 0) is 7.05 Å². The number of nitrogens with zero attached hydrogens (tertiary/aromatic N) is 3. The molecule has 4 rings (SSSR count). The topological polar surface area (TPSA) is 46.5 Å². The van der Waals surface area contributed by atoms with Gasteiger partial charge in [0.25, 0.3) is 0 Å². The summed E-state index contributed by atoms with van der Waals surface area (Å²) in [5.41, 5.74) is 6.01. The number of aromatic nitrogens is 4. The smallest absolute Gasteiger partial charge is 0.0961 e. The molecule has 2 aromatic carbocycles. The summed E-state index contributed by atoms with van der Waals surface area (Å²) in [7, 11) is 1.99. The van der Waals surface area contributed by atoms with Crippen molar-refractivity contribution in [1.82, 2.24) is 19.5 Å². The molecule has 0 bridgehead atoms. The van der Waals surface area contributed by atoms with Crippen LogP contribution in [0.5, 0.6) is 0 Å². The molecule has 108 valence electrons. The molecule has 0 aliphatic rings. The second kappa shape index (κ2) is 5.00. The van der Waals surface area contributed by atoms with Crippen molar-refractivity contribution in [3.63, 3.8) is 0 Å². The molecule has 22 heavy (non-hydrogen) atoms. The molecule has 0 fully saturated rings. The fourth-order valence-electron chi connectivity index (χ4n) is 2.65. The van der Waals surface area contributed by atoms with Gasteiger partial charge in [-0.25, -0.2) is 9.97 Å². The molecule has 0 unspecified atom stereocenters. The number of aromatic amines is 1. The average Bonchev–Trinajstić information content (AvgIpc) is 3.14. The van der Waals surface area contributed by atoms with E-state index in [1.807, 2.05) is 48.3 Å². The molecule has 0 aliphatic carbocycles. The maximum Gasteiger partial charge on any atom is 0.0961 e. The summed E-state index contributed by atoms with van der Waals surface area (Å²) in [6, 6.07) is 13.9. The minimum Gasteiger partial charge on any atom is -0.344 e. The number of fused-ring (bicyclic) bond motifs is 1. The lowest BCUT2D eigenvalue weighted by Crippen LogP contribution is -1.87. The summed E-state index contributed by atoms with van der Waals surface area (Å²) >= 11 is 6.09. The van der Waals surface area contributed by atoms with Crippen LogP contribution in [0.2, 0.25) is 5.02 Å². The van der Waals surface area contributed by atoms with Gasteiger partial charge in [-0.15, -0.1) is 0 Å². The highest BCUT2D eigenvalue weighted by Crippen LogP contribution is 2.31. The van der Waals surface area contributed by atoms with E-state index in [0.717, 1.165) is 33.5 Å². The van der Waals surface area contributed by atoms with E-state index >= 15 is 0 Å². The molecule has 0 atom stereocenters. The maximum absolute atomic E-state index is 6.09. The van der Waals surface area contributed by atoms with Crippen molar-refractivity contribution in [1.29, 1.82) is 0 Å². The van der Waals surface area contributed by atoms with Gasteiger partial charge in [0.05, 0.1) is 35.1 Å². The summed E-state index contributed by atoms with van der Waals surface area (Å²) in [5.74, 6) is 0. The Morgan fingerprint density at radius 1 is 1.05 bits per heavy atom. The van der Waals surface area contributed by atoms with Crippen molar-refractivity contribution in [2.45, 2.75) is 0 Å². The largest absolute Gasteiger partial charge is 0.344 e. The van der Waals surface area contributed by atoms with Crippen molar-refractivity contribution in [3.05, 3.63) is 60.1 Å². The van der Waals surface area contributed by atoms with Crippen LogP contribution in [0.3, 0.4) is 0 Å². The van der Waals surface area contributed by atoms with E-state index in [0.29, 0.717) is 5.02 Å². The molecular formula is C17H13ClN4. The number of hydrogen-bond donors (Lipinski definition) is 1. The van der Waals surface area contributed by atoms with Crippen molar-refractivity contribution < 1.29 is 0 Å². The van der Waals surface area contributed by atoms with E-state index < -0.39 is 0 Å². The molecule has 2 heterocycles. The third-order valence-electron chi connectivity index (χ3n) is 3.75. The normalized spacial score (nSPS) is 11.2. The Bertz CT molecular complexity index is 968. The van der Waals surface area contributed by atoms with Crippen molar-refractivity contribution >= 4 is 22.6 Å². The highest BCUT2D eigenvalue weighted by atomic mass is 35.5. The van der Waals surface area contributed by atoms with Crippen LogP contribution < -0.4 is 0 Å². The van der Waals surface area contributed by atoms with E-state index in [-0.39, 0.29) is 0 Å². The second-order valence-corrected chi connectivity index (χ2v) is 5.63. The molecule has 1 N–H and O–H groups in total. The van der Waals surface area contributed by atoms with Gasteiger partial charge in [-0.1, -0.05) is 29.8 Å². The summed E-state index contributed by atoms with van der Waals surface area (Å²) < 4.78 is 2.01. The zero-order chi connectivity index (χ0) is 15.1. The minimum atomic E-state index is 0.702. The molecule has 0 radical (unpaired) electrons. The van der Waals surface area contributed by atoms with Gasteiger partial charge in [-0.05, 0) is 24.3 Å². The van der Waals surface area contributed by atoms with E-state index in [9.17, 15) is 0 Å². The molecule has 5 heteroatoms. The van der Waals surface area contributed by atoms with Crippen LogP contribution in [0.1, 0.15) is 0 Å². The third kappa shape index (κ3) is 2.09. The zero-order valence-corrected chi connectivity index (χ0v) is 12.7. The number of rotatable bonds is 2. The lowest BCUT2D eigenvalue weighted by Gasteiger charge is -2.05. The lowest BCUT2D eigenvalue weighted by atomic mass is 10.0. The third-order valence-corrected chi connectivity index (χ3v) is 3.99. The van der Waals surface area contributed by atoms with Gasteiger partial charge in [0.1, 0.15) is 0 Å². The van der Waals surface area contributed by atoms with Crippen molar-refractivity contribution in [2.75, 3.05) is 0 Å². The van der Waals surface area contributed by atoms with Crippen molar-refractivity contribution in [2.24, 2.45) is 7.05 Å². The molecule has 0 saturated carbocycles. The Kier molecular flexibility index (Phi) is 2.98. The number of H-pyrrole nitrogens is 1. The summed E-state index contributed by atoms with van der Waals surface area (Å²) in [6.07, 6.45) is 3.53. The Morgan fingerprint density at radius 2 is 1.95 bits per heavy atom. The first-order chi connectivity index (χ1) is 10.7. The Hall–Kier alpha value is -2.59. The highest BCUT2D eigenvalue weighted by Gasteiger charge is 2.12. The number of halogens is 1. The van der Waals surface area contributed by atoms with Gasteiger partial charge in [-0.2, -0.15) is 0 Å². The highest BCUT2D eigenvalue weighted by molar-refractivity contribution is 6.30. The molecule has 0 spiro atoms. The van der Waals surface area contributed by atoms with Crippen LogP contribution in [0.25, 0.3) is 33.5 Å². The van der Waals surface area contributed by atoms with E-state index in [1.54, 1.807) is 6.33 Å². The van der Waals surface area contributed by atoms with E-state index in [4.69, 9.17) is 11.6 Å². The summed E-state index contributed by atoms with van der Waals surface area (Å²) in [4.78, 5) is 12.0. The van der Waals surface area contributed by atoms with Crippen LogP contribution in [0.15, 0.2) is 55.1 Å². The number of benzene rings is 2. The van der Waals surface area contributed by atoms with Gasteiger partial charge in [0, 0.05) is 23.2 Å². The minimum absolute atomic E-state index is 0.702. The van der Waals surface area contributed by atoms with Crippen molar-refractivity contribution in [3.8, 4) is 22.5 Å². The average molecular weight is 309 g/mol. The van der Waals surface area contributed by atoms with E-state index in [1.165, 1.54) is 0 Å². The SMILES string of the molecule is Cn1cnc2ccc(-c3[nH]cnc3-c3cccc(Cl)c3)cc21. The number of imidazole rings is 2. The monoisotopic (exact) mass is 308 g/mol. The van der Waals surface area contributed by atoms with Gasteiger partial charge in [0.15, 0.2) is 0 Å². The Labute approximate surface area is 132 Å². The van der Waals surface area contributed by atoms with Gasteiger partial charge < -0.3 is 9.55 Å². The lowest BCUT2D eigenvalue weighted by molar-refractivity contribution is 0.948. The molecule has 4 nitrogen and oxygen atoms in total. The summed E-state index contributed by atoms with van der Waals surface area (Å²) in [5, 5.41) is 0.702. The first-order valence-electron chi connectivity index (χ1n) is 6.93. The fraction of sp³-hybridized carbons (Fsp3) is 0.0588. The predicted octanol–water partition coefficient (Wildman–Crippen LogP) is 4.28. The molecular weight excluding hydrogens is 296 g/mol. The molecule has 4 aromatic rings. The molecule has 0 saturated heterocycles. The summed E-state index contributed by atoms with van der Waals surface area (Å²) in [6.45, 7) is 0. The molecule has 0 amide bonds. The maximum atomic E-state index is 6.09. The number of hydrogen-bond acceptors (Lipinski definition) is 2. The van der Waals surface area contributed by atoms with E-state index in [2.05, 4.69) is 27.1 Å². The first-order valence-corrected chi connectivity index (χ1v) is 7.31. The Balaban J connectivity index is 1.89. The predicted molar refractivity (Wildman–Crippen MR) is 88.7 cm³/mol. The van der Waals surface area contributed by atoms with Crippen LogP contribution in [0.4, 0.5) is 0 Å². The number of nitrogens with one attached hydrogen (secondary N) is 1. The Morgan fingerprint density at radius 3 is 2.82 bits per heavy atom. The van der Waals surface area contributed by atoms with Crippen LogP contribution in [-0.4, -0.2) is 19.5 Å². The number of aryl methyl sites for hydroxylation is 1. The molecule has 2 aromatic heterocycles. The fourth-order valence-corrected chi connectivity index (χ4v) is 2.84. The van der Waals surface area contributed by atoms with Crippen LogP contribution >= 0.6 is 11.6 Å². The second-order valence-electron chi connectivity index (χ2n) is 5.20.